The highest BCUT2D eigenvalue weighted by molar-refractivity contribution is 7.87. The molecule has 2 rings (SSSR count). The number of halogens is 3. The molecule has 178 valence electrons. The van der Waals surface area contributed by atoms with Crippen LogP contribution in [-0.2, 0) is 42.8 Å². The minimum Gasteiger partial charge on any atom is -0.376 e. The molecule has 1 heterocycles. The van der Waals surface area contributed by atoms with Crippen molar-refractivity contribution in [3.8, 4) is 0 Å². The summed E-state index contributed by atoms with van der Waals surface area (Å²) in [6.07, 6.45) is -8.68. The van der Waals surface area contributed by atoms with Crippen LogP contribution in [0.3, 0.4) is 0 Å². The van der Waals surface area contributed by atoms with Crippen molar-refractivity contribution in [2.75, 3.05) is 20.8 Å². The molecule has 1 fully saturated rings. The summed E-state index contributed by atoms with van der Waals surface area (Å²) in [5, 5.41) is 10.0. The third-order valence-corrected chi connectivity index (χ3v) is 6.71. The Bertz CT molecular complexity index is 947. The average Bonchev–Trinajstić information content (AvgIpc) is 2.66. The van der Waals surface area contributed by atoms with Gasteiger partial charge in [0, 0.05) is 14.2 Å². The topological polar surface area (TPSA) is 135 Å². The highest BCUT2D eigenvalue weighted by atomic mass is 32.2. The fourth-order valence-corrected chi connectivity index (χ4v) is 4.35. The molecular weight excluding hydrogens is 473 g/mol. The lowest BCUT2D eigenvalue weighted by Gasteiger charge is -2.42. The van der Waals surface area contributed by atoms with E-state index < -0.39 is 63.1 Å². The maximum atomic E-state index is 12.8. The summed E-state index contributed by atoms with van der Waals surface area (Å²) in [7, 11) is -8.46. The number of hydrogen-bond donors (Lipinski definition) is 1. The molecule has 1 aromatic rings. The smallest absolute Gasteiger partial charge is 0.376 e. The van der Waals surface area contributed by atoms with Gasteiger partial charge >= 0.3 is 15.6 Å². The van der Waals surface area contributed by atoms with Crippen molar-refractivity contribution >= 4 is 20.2 Å². The van der Waals surface area contributed by atoms with Gasteiger partial charge in [0.05, 0.1) is 11.5 Å². The predicted octanol–water partition coefficient (Wildman–Crippen LogP) is 0.682. The molecule has 15 heteroatoms. The number of methoxy groups -OCH3 is 2. The Hall–Kier alpha value is -1.33. The molecule has 0 aromatic heterocycles. The second-order valence-electron chi connectivity index (χ2n) is 6.48. The maximum absolute atomic E-state index is 12.8. The average molecular weight is 494 g/mol. The Labute approximate surface area is 177 Å². The monoisotopic (exact) mass is 494 g/mol. The fourth-order valence-electron chi connectivity index (χ4n) is 2.79. The van der Waals surface area contributed by atoms with Crippen LogP contribution in [0.15, 0.2) is 29.2 Å². The fraction of sp³-hybridized carbons (Fsp3) is 0.625. The molecule has 0 spiro atoms. The standard InChI is InChI=1S/C16H21F3O10S2/c1-9-4-6-10(7-5-9)30(21,22)27-8-11-12(29-31(23,24)16(17,18)19)13(25-2)14(26-3)15(20)28-11/h4-7,11-15,20H,8H2,1-3H3/t11-,12-,13+,14-,15+/m1/s1. The second-order valence-corrected chi connectivity index (χ2v) is 9.66. The van der Waals surface area contributed by atoms with E-state index in [1.165, 1.54) is 24.3 Å². The first kappa shape index (κ1) is 25.9. The zero-order chi connectivity index (χ0) is 23.6. The SMILES string of the molecule is CO[C@@H]1[C@@H](OC)[C@@H](O)O[C@H](COS(=O)(=O)c2ccc(C)cc2)[C@H]1OS(=O)(=O)C(F)(F)F. The first-order valence-corrected chi connectivity index (χ1v) is 11.4. The molecule has 0 radical (unpaired) electrons. The summed E-state index contributed by atoms with van der Waals surface area (Å²) in [6.45, 7) is 0.732. The molecule has 0 saturated carbocycles. The minimum atomic E-state index is -6.14. The van der Waals surface area contributed by atoms with Crippen molar-refractivity contribution in [1.82, 2.24) is 0 Å². The van der Waals surface area contributed by atoms with Crippen LogP contribution >= 0.6 is 0 Å². The minimum absolute atomic E-state index is 0.257. The van der Waals surface area contributed by atoms with E-state index in [0.29, 0.717) is 0 Å². The van der Waals surface area contributed by atoms with Gasteiger partial charge in [0.15, 0.2) is 6.29 Å². The molecule has 1 saturated heterocycles. The number of alkyl halides is 3. The Morgan fingerprint density at radius 1 is 1.00 bits per heavy atom. The van der Waals surface area contributed by atoms with Crippen molar-refractivity contribution in [1.29, 1.82) is 0 Å². The van der Waals surface area contributed by atoms with Crippen molar-refractivity contribution in [2.24, 2.45) is 0 Å². The zero-order valence-electron chi connectivity index (χ0n) is 16.5. The van der Waals surface area contributed by atoms with Crippen LogP contribution in [0.25, 0.3) is 0 Å². The number of hydrogen-bond acceptors (Lipinski definition) is 10. The predicted molar refractivity (Wildman–Crippen MR) is 96.6 cm³/mol. The molecule has 1 aromatic carbocycles. The van der Waals surface area contributed by atoms with Crippen LogP contribution in [0.1, 0.15) is 5.56 Å². The van der Waals surface area contributed by atoms with Gasteiger partial charge in [-0.3, -0.25) is 8.37 Å². The van der Waals surface area contributed by atoms with E-state index in [1.54, 1.807) is 6.92 Å². The highest BCUT2D eigenvalue weighted by Gasteiger charge is 2.55. The Balaban J connectivity index is 2.31. The van der Waals surface area contributed by atoms with E-state index in [1.807, 2.05) is 0 Å². The molecule has 0 aliphatic carbocycles. The Kier molecular flexibility index (Phi) is 8.08. The summed E-state index contributed by atoms with van der Waals surface area (Å²) < 4.78 is 110. The van der Waals surface area contributed by atoms with Crippen LogP contribution in [0.2, 0.25) is 0 Å². The van der Waals surface area contributed by atoms with E-state index in [-0.39, 0.29) is 4.90 Å². The van der Waals surface area contributed by atoms with Crippen molar-refractivity contribution in [3.05, 3.63) is 29.8 Å². The largest absolute Gasteiger partial charge is 0.523 e. The van der Waals surface area contributed by atoms with Crippen molar-refractivity contribution in [2.45, 2.75) is 48.0 Å². The number of aryl methyl sites for hydroxylation is 1. The Morgan fingerprint density at radius 3 is 2.03 bits per heavy atom. The molecule has 0 bridgehead atoms. The van der Waals surface area contributed by atoms with E-state index in [4.69, 9.17) is 18.4 Å². The lowest BCUT2D eigenvalue weighted by Crippen LogP contribution is -2.61. The Morgan fingerprint density at radius 2 is 1.55 bits per heavy atom. The number of rotatable bonds is 8. The van der Waals surface area contributed by atoms with Gasteiger partial charge in [-0.1, -0.05) is 17.7 Å². The maximum Gasteiger partial charge on any atom is 0.523 e. The van der Waals surface area contributed by atoms with Gasteiger partial charge < -0.3 is 19.3 Å². The lowest BCUT2D eigenvalue weighted by molar-refractivity contribution is -0.290. The molecule has 0 unspecified atom stereocenters. The molecule has 31 heavy (non-hydrogen) atoms. The molecule has 5 atom stereocenters. The first-order chi connectivity index (χ1) is 14.2. The molecule has 10 nitrogen and oxygen atoms in total. The van der Waals surface area contributed by atoms with Crippen LogP contribution in [0.5, 0.6) is 0 Å². The van der Waals surface area contributed by atoms with Crippen LogP contribution in [-0.4, -0.2) is 79.0 Å². The van der Waals surface area contributed by atoms with Gasteiger partial charge in [-0.05, 0) is 19.1 Å². The molecule has 1 N–H and O–H groups in total. The van der Waals surface area contributed by atoms with Gasteiger partial charge in [-0.15, -0.1) is 0 Å². The number of aliphatic hydroxyl groups excluding tert-OH is 1. The normalized spacial score (nSPS) is 27.9. The second kappa shape index (κ2) is 9.66. The number of aliphatic hydroxyl groups is 1. The van der Waals surface area contributed by atoms with Gasteiger partial charge in [0.2, 0.25) is 0 Å². The van der Waals surface area contributed by atoms with Gasteiger partial charge in [-0.25, -0.2) is 0 Å². The lowest BCUT2D eigenvalue weighted by atomic mass is 9.99. The van der Waals surface area contributed by atoms with Crippen LogP contribution < -0.4 is 0 Å². The summed E-state index contributed by atoms with van der Waals surface area (Å²) >= 11 is 0. The van der Waals surface area contributed by atoms with E-state index in [0.717, 1.165) is 19.8 Å². The van der Waals surface area contributed by atoms with E-state index in [9.17, 15) is 35.1 Å². The van der Waals surface area contributed by atoms with E-state index in [2.05, 4.69) is 4.18 Å². The van der Waals surface area contributed by atoms with Crippen molar-refractivity contribution < 1.29 is 57.7 Å². The highest BCUT2D eigenvalue weighted by Crippen LogP contribution is 2.33. The first-order valence-electron chi connectivity index (χ1n) is 8.58. The molecule has 1 aliphatic rings. The van der Waals surface area contributed by atoms with Crippen LogP contribution in [0, 0.1) is 6.92 Å². The van der Waals surface area contributed by atoms with Gasteiger partial charge in [-0.2, -0.15) is 30.0 Å². The van der Waals surface area contributed by atoms with Crippen LogP contribution in [0.4, 0.5) is 13.2 Å². The summed E-state index contributed by atoms with van der Waals surface area (Å²) in [5.74, 6) is 0. The summed E-state index contributed by atoms with van der Waals surface area (Å²) in [4.78, 5) is -0.257. The molecule has 1 aliphatic heterocycles. The quantitative estimate of drug-likeness (QED) is 0.406. The molecule has 0 amide bonds. The molecular formula is C16H21F3O10S2. The summed E-state index contributed by atoms with van der Waals surface area (Å²) in [5.41, 5.74) is -5.01. The van der Waals surface area contributed by atoms with E-state index >= 15 is 0 Å². The van der Waals surface area contributed by atoms with Gasteiger partial charge in [0.1, 0.15) is 24.4 Å². The number of ether oxygens (including phenoxy) is 3. The van der Waals surface area contributed by atoms with Crippen molar-refractivity contribution in [3.63, 3.8) is 0 Å². The summed E-state index contributed by atoms with van der Waals surface area (Å²) in [6, 6.07) is 5.45. The van der Waals surface area contributed by atoms with Gasteiger partial charge in [0.25, 0.3) is 10.1 Å². The number of benzene rings is 1. The third kappa shape index (κ3) is 5.92. The third-order valence-electron chi connectivity index (χ3n) is 4.37. The zero-order valence-corrected chi connectivity index (χ0v) is 18.1.